The number of halogens is 1. The first-order chi connectivity index (χ1) is 11.7. The van der Waals surface area contributed by atoms with E-state index in [4.69, 9.17) is 21.3 Å². The molecule has 2 aliphatic rings. The molecule has 0 aromatic heterocycles. The smallest absolute Gasteiger partial charge is 0.138 e. The Morgan fingerprint density at radius 1 is 1.08 bits per heavy atom. The van der Waals surface area contributed by atoms with E-state index in [1.54, 1.807) is 7.11 Å². The summed E-state index contributed by atoms with van der Waals surface area (Å²) < 4.78 is 5.42. The number of hydrogen-bond donors (Lipinski definition) is 2. The van der Waals surface area contributed by atoms with Crippen LogP contribution in [0.1, 0.15) is 5.56 Å². The Morgan fingerprint density at radius 3 is 2.67 bits per heavy atom. The standard InChI is InChI=1S/C18H19ClN4O/c1-24-13-3-5-15-14(11-13)18(23-8-6-20-7-9-23)22-17-10-12(19)2-4-16(17)21-15/h2-5,10-11,20-21H,6-9H2,1H3. The second-order valence-electron chi connectivity index (χ2n) is 5.87. The molecule has 0 bridgehead atoms. The summed E-state index contributed by atoms with van der Waals surface area (Å²) in [6.45, 7) is 3.75. The van der Waals surface area contributed by atoms with Gasteiger partial charge in [0.15, 0.2) is 0 Å². The Labute approximate surface area is 146 Å². The zero-order valence-corrected chi connectivity index (χ0v) is 14.2. The van der Waals surface area contributed by atoms with Gasteiger partial charge in [-0.2, -0.15) is 0 Å². The summed E-state index contributed by atoms with van der Waals surface area (Å²) in [6.07, 6.45) is 0. The van der Waals surface area contributed by atoms with Gasteiger partial charge < -0.3 is 20.3 Å². The van der Waals surface area contributed by atoms with Crippen molar-refractivity contribution in [3.63, 3.8) is 0 Å². The normalized spacial score (nSPS) is 16.4. The molecule has 124 valence electrons. The topological polar surface area (TPSA) is 48.9 Å². The van der Waals surface area contributed by atoms with Crippen molar-refractivity contribution < 1.29 is 4.74 Å². The fourth-order valence-corrected chi connectivity index (χ4v) is 3.25. The maximum atomic E-state index is 6.18. The number of nitrogens with zero attached hydrogens (tertiary/aromatic N) is 2. The van der Waals surface area contributed by atoms with Gasteiger partial charge in [0.25, 0.3) is 0 Å². The van der Waals surface area contributed by atoms with Gasteiger partial charge in [0.2, 0.25) is 0 Å². The largest absolute Gasteiger partial charge is 0.497 e. The predicted molar refractivity (Wildman–Crippen MR) is 98.4 cm³/mol. The number of benzene rings is 2. The highest BCUT2D eigenvalue weighted by molar-refractivity contribution is 6.31. The molecule has 0 unspecified atom stereocenters. The highest BCUT2D eigenvalue weighted by Gasteiger charge is 2.23. The van der Waals surface area contributed by atoms with Crippen LogP contribution in [-0.4, -0.2) is 44.0 Å². The van der Waals surface area contributed by atoms with Crippen LogP contribution in [0.5, 0.6) is 5.75 Å². The second kappa shape index (κ2) is 6.34. The SMILES string of the molecule is COc1ccc2c(c1)C(N1CCNCC1)=Nc1cc(Cl)ccc1N2. The average molecular weight is 343 g/mol. The van der Waals surface area contributed by atoms with Gasteiger partial charge in [0, 0.05) is 42.5 Å². The first kappa shape index (κ1) is 15.3. The van der Waals surface area contributed by atoms with Gasteiger partial charge in [-0.1, -0.05) is 11.6 Å². The van der Waals surface area contributed by atoms with Crippen molar-refractivity contribution >= 4 is 34.5 Å². The van der Waals surface area contributed by atoms with Gasteiger partial charge in [-0.3, -0.25) is 0 Å². The molecule has 2 N–H and O–H groups in total. The molecule has 0 amide bonds. The summed E-state index contributed by atoms with van der Waals surface area (Å²) in [5, 5.41) is 7.55. The zero-order valence-electron chi connectivity index (χ0n) is 13.5. The molecular weight excluding hydrogens is 324 g/mol. The fraction of sp³-hybridized carbons (Fsp3) is 0.278. The van der Waals surface area contributed by atoms with Crippen LogP contribution >= 0.6 is 11.6 Å². The maximum absolute atomic E-state index is 6.18. The van der Waals surface area contributed by atoms with Crippen molar-refractivity contribution in [3.8, 4) is 5.75 Å². The molecule has 1 fully saturated rings. The highest BCUT2D eigenvalue weighted by Crippen LogP contribution is 2.37. The van der Waals surface area contributed by atoms with Crippen LogP contribution in [0.25, 0.3) is 0 Å². The van der Waals surface area contributed by atoms with Crippen LogP contribution in [0.2, 0.25) is 5.02 Å². The number of nitrogens with one attached hydrogen (secondary N) is 2. The minimum atomic E-state index is 0.683. The minimum Gasteiger partial charge on any atom is -0.497 e. The molecule has 0 atom stereocenters. The number of fused-ring (bicyclic) bond motifs is 2. The lowest BCUT2D eigenvalue weighted by Crippen LogP contribution is -2.46. The van der Waals surface area contributed by atoms with Crippen LogP contribution < -0.4 is 15.4 Å². The maximum Gasteiger partial charge on any atom is 0.138 e. The third-order valence-corrected chi connectivity index (χ3v) is 4.57. The molecule has 0 saturated carbocycles. The summed E-state index contributed by atoms with van der Waals surface area (Å²) >= 11 is 6.18. The molecule has 0 aliphatic carbocycles. The van der Waals surface area contributed by atoms with E-state index in [9.17, 15) is 0 Å². The number of methoxy groups -OCH3 is 1. The van der Waals surface area contributed by atoms with Gasteiger partial charge in [-0.15, -0.1) is 0 Å². The molecule has 2 aromatic carbocycles. The molecule has 2 aliphatic heterocycles. The summed E-state index contributed by atoms with van der Waals surface area (Å²) in [5.74, 6) is 1.78. The summed E-state index contributed by atoms with van der Waals surface area (Å²) in [7, 11) is 1.68. The van der Waals surface area contributed by atoms with Crippen LogP contribution in [-0.2, 0) is 0 Å². The van der Waals surface area contributed by atoms with Crippen molar-refractivity contribution in [1.29, 1.82) is 0 Å². The monoisotopic (exact) mass is 342 g/mol. The first-order valence-corrected chi connectivity index (χ1v) is 8.42. The van der Waals surface area contributed by atoms with Gasteiger partial charge in [0.1, 0.15) is 11.6 Å². The van der Waals surface area contributed by atoms with Crippen molar-refractivity contribution in [2.45, 2.75) is 0 Å². The Balaban J connectivity index is 1.88. The van der Waals surface area contributed by atoms with E-state index in [1.807, 2.05) is 36.4 Å². The second-order valence-corrected chi connectivity index (χ2v) is 6.31. The third-order valence-electron chi connectivity index (χ3n) is 4.34. The summed E-state index contributed by atoms with van der Waals surface area (Å²) in [5.41, 5.74) is 3.87. The van der Waals surface area contributed by atoms with Crippen molar-refractivity contribution in [2.75, 3.05) is 38.6 Å². The van der Waals surface area contributed by atoms with Crippen molar-refractivity contribution in [1.82, 2.24) is 10.2 Å². The number of piperazine rings is 1. The molecular formula is C18H19ClN4O. The number of hydrogen-bond acceptors (Lipinski definition) is 5. The molecule has 6 heteroatoms. The number of aliphatic imine (C=N–C) groups is 1. The van der Waals surface area contributed by atoms with Crippen LogP contribution in [0.15, 0.2) is 41.4 Å². The van der Waals surface area contributed by atoms with Crippen LogP contribution in [0.3, 0.4) is 0 Å². The Morgan fingerprint density at radius 2 is 1.88 bits per heavy atom. The van der Waals surface area contributed by atoms with E-state index in [0.717, 1.165) is 60.4 Å². The van der Waals surface area contributed by atoms with E-state index in [-0.39, 0.29) is 0 Å². The summed E-state index contributed by atoms with van der Waals surface area (Å²) in [6, 6.07) is 11.8. The number of anilines is 2. The van der Waals surface area contributed by atoms with Crippen LogP contribution in [0, 0.1) is 0 Å². The number of ether oxygens (including phenoxy) is 1. The van der Waals surface area contributed by atoms with E-state index < -0.39 is 0 Å². The molecule has 0 radical (unpaired) electrons. The molecule has 4 rings (SSSR count). The molecule has 2 heterocycles. The van der Waals surface area contributed by atoms with Gasteiger partial charge >= 0.3 is 0 Å². The lowest BCUT2D eigenvalue weighted by Gasteiger charge is -2.30. The van der Waals surface area contributed by atoms with Gasteiger partial charge in [-0.05, 0) is 36.4 Å². The lowest BCUT2D eigenvalue weighted by molar-refractivity contribution is 0.358. The number of rotatable bonds is 1. The molecule has 1 saturated heterocycles. The molecule has 24 heavy (non-hydrogen) atoms. The molecule has 0 spiro atoms. The quantitative estimate of drug-likeness (QED) is 0.834. The first-order valence-electron chi connectivity index (χ1n) is 8.04. The van der Waals surface area contributed by atoms with E-state index in [0.29, 0.717) is 5.02 Å². The fourth-order valence-electron chi connectivity index (χ4n) is 3.08. The van der Waals surface area contributed by atoms with Crippen molar-refractivity contribution in [3.05, 3.63) is 47.0 Å². The molecule has 2 aromatic rings. The minimum absolute atomic E-state index is 0.683. The van der Waals surface area contributed by atoms with Crippen LogP contribution in [0.4, 0.5) is 17.1 Å². The Hall–Kier alpha value is -2.24. The van der Waals surface area contributed by atoms with Gasteiger partial charge in [-0.25, -0.2) is 4.99 Å². The summed E-state index contributed by atoms with van der Waals surface area (Å²) in [4.78, 5) is 7.26. The van der Waals surface area contributed by atoms with Gasteiger partial charge in [0.05, 0.1) is 18.5 Å². The highest BCUT2D eigenvalue weighted by atomic mass is 35.5. The lowest BCUT2D eigenvalue weighted by atomic mass is 10.1. The Kier molecular flexibility index (Phi) is 4.04. The number of amidine groups is 1. The average Bonchev–Trinajstić information content (AvgIpc) is 2.78. The Bertz CT molecular complexity index is 800. The van der Waals surface area contributed by atoms with Crippen molar-refractivity contribution in [2.24, 2.45) is 4.99 Å². The molecule has 5 nitrogen and oxygen atoms in total. The van der Waals surface area contributed by atoms with E-state index in [2.05, 4.69) is 15.5 Å². The predicted octanol–water partition coefficient (Wildman–Crippen LogP) is 3.39. The third kappa shape index (κ3) is 2.81. The van der Waals surface area contributed by atoms with E-state index >= 15 is 0 Å². The van der Waals surface area contributed by atoms with E-state index in [1.165, 1.54) is 0 Å². The zero-order chi connectivity index (χ0) is 16.5.